The number of amides is 1. The van der Waals surface area contributed by atoms with Crippen molar-refractivity contribution >= 4 is 27.5 Å². The number of fused-ring (bicyclic) bond motifs is 1. The van der Waals surface area contributed by atoms with Gasteiger partial charge in [-0.05, 0) is 48.2 Å². The average molecular weight is 369 g/mol. The Morgan fingerprint density at radius 2 is 1.92 bits per heavy atom. The topological polar surface area (TPSA) is 43.6 Å². The molecule has 0 saturated carbocycles. The third-order valence-corrected chi connectivity index (χ3v) is 5.47. The first-order chi connectivity index (χ1) is 12.5. The molecule has 0 aliphatic carbocycles. The molecule has 0 radical (unpaired) electrons. The molecule has 5 heteroatoms. The van der Waals surface area contributed by atoms with E-state index in [9.17, 15) is 4.79 Å². The number of methoxy groups -OCH3 is 1. The first-order valence-corrected chi connectivity index (χ1v) is 9.67. The number of aryl methyl sites for hydroxylation is 1. The molecule has 1 aromatic heterocycles. The van der Waals surface area contributed by atoms with E-state index in [0.717, 1.165) is 28.2 Å². The Morgan fingerprint density at radius 1 is 1.19 bits per heavy atom. The SMILES string of the molecule is CCn1c(=NC(=O)Cc2ccc(OC)cc2)sc2cc(C(C)C)ccc21. The zero-order valence-electron chi connectivity index (χ0n) is 15.7. The molecule has 0 fully saturated rings. The van der Waals surface area contributed by atoms with E-state index < -0.39 is 0 Å². The molecule has 26 heavy (non-hydrogen) atoms. The zero-order valence-corrected chi connectivity index (χ0v) is 16.5. The maximum Gasteiger partial charge on any atom is 0.252 e. The van der Waals surface area contributed by atoms with Gasteiger partial charge in [0.15, 0.2) is 4.80 Å². The first kappa shape index (κ1) is 18.4. The van der Waals surface area contributed by atoms with E-state index in [1.165, 1.54) is 10.3 Å². The molecule has 4 nitrogen and oxygen atoms in total. The van der Waals surface area contributed by atoms with Crippen LogP contribution in [0.3, 0.4) is 0 Å². The second kappa shape index (κ2) is 7.87. The van der Waals surface area contributed by atoms with E-state index in [1.54, 1.807) is 18.4 Å². The molecule has 0 aliphatic heterocycles. The Bertz CT molecular complexity index is 981. The van der Waals surface area contributed by atoms with E-state index in [4.69, 9.17) is 4.74 Å². The van der Waals surface area contributed by atoms with Gasteiger partial charge in [0.25, 0.3) is 5.91 Å². The number of benzene rings is 2. The van der Waals surface area contributed by atoms with Crippen molar-refractivity contribution < 1.29 is 9.53 Å². The number of aromatic nitrogens is 1. The van der Waals surface area contributed by atoms with E-state index in [-0.39, 0.29) is 5.91 Å². The molecule has 0 saturated heterocycles. The molecule has 0 bridgehead atoms. The molecule has 0 aliphatic rings. The number of rotatable bonds is 5. The van der Waals surface area contributed by atoms with E-state index in [1.807, 2.05) is 24.3 Å². The minimum absolute atomic E-state index is 0.131. The summed E-state index contributed by atoms with van der Waals surface area (Å²) in [6.07, 6.45) is 0.291. The molecular weight excluding hydrogens is 344 g/mol. The summed E-state index contributed by atoms with van der Waals surface area (Å²) in [4.78, 5) is 17.6. The number of carbonyl (C=O) groups is 1. The van der Waals surface area contributed by atoms with Crippen LogP contribution < -0.4 is 9.54 Å². The maximum absolute atomic E-state index is 12.5. The first-order valence-electron chi connectivity index (χ1n) is 8.85. The highest BCUT2D eigenvalue weighted by molar-refractivity contribution is 7.16. The Labute approximate surface area is 157 Å². The third kappa shape index (κ3) is 3.88. The molecule has 1 amide bonds. The van der Waals surface area contributed by atoms with Gasteiger partial charge in [0, 0.05) is 6.54 Å². The summed E-state index contributed by atoms with van der Waals surface area (Å²) in [7, 11) is 1.63. The maximum atomic E-state index is 12.5. The van der Waals surface area contributed by atoms with Crippen molar-refractivity contribution in [3.05, 3.63) is 58.4 Å². The van der Waals surface area contributed by atoms with Crippen LogP contribution in [0, 0.1) is 0 Å². The van der Waals surface area contributed by atoms with Crippen molar-refractivity contribution in [1.29, 1.82) is 0 Å². The van der Waals surface area contributed by atoms with Gasteiger partial charge in [-0.3, -0.25) is 4.79 Å². The third-order valence-electron chi connectivity index (χ3n) is 4.42. The lowest BCUT2D eigenvalue weighted by molar-refractivity contribution is -0.117. The van der Waals surface area contributed by atoms with Crippen molar-refractivity contribution in [1.82, 2.24) is 4.57 Å². The standard InChI is InChI=1S/C21H24N2O2S/c1-5-23-18-11-8-16(14(2)3)13-19(18)26-21(23)22-20(24)12-15-6-9-17(25-4)10-7-15/h6-11,13-14H,5,12H2,1-4H3. The lowest BCUT2D eigenvalue weighted by atomic mass is 10.0. The highest BCUT2D eigenvalue weighted by Gasteiger charge is 2.09. The number of nitrogens with zero attached hydrogens (tertiary/aromatic N) is 2. The van der Waals surface area contributed by atoms with Gasteiger partial charge >= 0.3 is 0 Å². The summed E-state index contributed by atoms with van der Waals surface area (Å²) >= 11 is 1.58. The Balaban J connectivity index is 1.93. The van der Waals surface area contributed by atoms with Crippen LogP contribution in [-0.4, -0.2) is 17.6 Å². The summed E-state index contributed by atoms with van der Waals surface area (Å²) in [5, 5.41) is 0. The lowest BCUT2D eigenvalue weighted by Gasteiger charge is -2.05. The number of thiazole rings is 1. The van der Waals surface area contributed by atoms with Crippen molar-refractivity contribution in [2.75, 3.05) is 7.11 Å². The Hall–Kier alpha value is -2.40. The quantitative estimate of drug-likeness (QED) is 0.664. The molecule has 3 rings (SSSR count). The highest BCUT2D eigenvalue weighted by atomic mass is 32.1. The summed E-state index contributed by atoms with van der Waals surface area (Å²) in [5.41, 5.74) is 3.38. The van der Waals surface area contributed by atoms with Gasteiger partial charge in [-0.25, -0.2) is 0 Å². The lowest BCUT2D eigenvalue weighted by Crippen LogP contribution is -2.16. The molecular formula is C21H24N2O2S. The van der Waals surface area contributed by atoms with Gasteiger partial charge in [0.1, 0.15) is 5.75 Å². The Kier molecular flexibility index (Phi) is 5.57. The summed E-state index contributed by atoms with van der Waals surface area (Å²) in [6.45, 7) is 7.24. The normalized spacial score (nSPS) is 12.1. The summed E-state index contributed by atoms with van der Waals surface area (Å²) in [6, 6.07) is 14.0. The van der Waals surface area contributed by atoms with Gasteiger partial charge in [-0.15, -0.1) is 0 Å². The van der Waals surface area contributed by atoms with Crippen molar-refractivity contribution in [2.45, 2.75) is 39.7 Å². The number of hydrogen-bond donors (Lipinski definition) is 0. The van der Waals surface area contributed by atoms with Crippen LogP contribution in [0.2, 0.25) is 0 Å². The molecule has 1 heterocycles. The van der Waals surface area contributed by atoms with Crippen LogP contribution in [0.15, 0.2) is 47.5 Å². The van der Waals surface area contributed by atoms with Crippen molar-refractivity contribution in [2.24, 2.45) is 4.99 Å². The van der Waals surface area contributed by atoms with Gasteiger partial charge in [0.05, 0.1) is 23.7 Å². The number of hydrogen-bond acceptors (Lipinski definition) is 3. The van der Waals surface area contributed by atoms with Gasteiger partial charge in [0.2, 0.25) is 0 Å². The fraction of sp³-hybridized carbons (Fsp3) is 0.333. The van der Waals surface area contributed by atoms with Crippen LogP contribution in [0.4, 0.5) is 0 Å². The van der Waals surface area contributed by atoms with Gasteiger partial charge < -0.3 is 9.30 Å². The van der Waals surface area contributed by atoms with Gasteiger partial charge in [-0.1, -0.05) is 43.4 Å². The van der Waals surface area contributed by atoms with E-state index in [2.05, 4.69) is 48.5 Å². The van der Waals surface area contributed by atoms with Crippen LogP contribution in [0.5, 0.6) is 5.75 Å². The van der Waals surface area contributed by atoms with Gasteiger partial charge in [-0.2, -0.15) is 4.99 Å². The fourth-order valence-electron chi connectivity index (χ4n) is 2.90. The monoisotopic (exact) mass is 368 g/mol. The minimum Gasteiger partial charge on any atom is -0.497 e. The second-order valence-electron chi connectivity index (χ2n) is 6.54. The van der Waals surface area contributed by atoms with Crippen LogP contribution in [0.25, 0.3) is 10.2 Å². The fourth-order valence-corrected chi connectivity index (χ4v) is 4.06. The minimum atomic E-state index is -0.131. The molecule has 0 spiro atoms. The van der Waals surface area contributed by atoms with Crippen LogP contribution in [-0.2, 0) is 17.8 Å². The molecule has 3 aromatic rings. The number of ether oxygens (including phenoxy) is 1. The van der Waals surface area contributed by atoms with Crippen molar-refractivity contribution in [3.8, 4) is 5.75 Å². The number of carbonyl (C=O) groups excluding carboxylic acids is 1. The van der Waals surface area contributed by atoms with Crippen molar-refractivity contribution in [3.63, 3.8) is 0 Å². The highest BCUT2D eigenvalue weighted by Crippen LogP contribution is 2.23. The van der Waals surface area contributed by atoms with E-state index >= 15 is 0 Å². The molecule has 0 N–H and O–H groups in total. The molecule has 136 valence electrons. The zero-order chi connectivity index (χ0) is 18.7. The van der Waals surface area contributed by atoms with Crippen LogP contribution in [0.1, 0.15) is 37.8 Å². The smallest absolute Gasteiger partial charge is 0.252 e. The molecule has 0 unspecified atom stereocenters. The average Bonchev–Trinajstić information content (AvgIpc) is 2.98. The molecule has 0 atom stereocenters. The summed E-state index contributed by atoms with van der Waals surface area (Å²) < 4.78 is 8.43. The van der Waals surface area contributed by atoms with E-state index in [0.29, 0.717) is 12.3 Å². The predicted octanol–water partition coefficient (Wildman–Crippen LogP) is 4.52. The van der Waals surface area contributed by atoms with Crippen LogP contribution >= 0.6 is 11.3 Å². The second-order valence-corrected chi connectivity index (χ2v) is 7.55. The Morgan fingerprint density at radius 3 is 2.54 bits per heavy atom. The predicted molar refractivity (Wildman–Crippen MR) is 107 cm³/mol. The molecule has 2 aromatic carbocycles. The largest absolute Gasteiger partial charge is 0.497 e. The summed E-state index contributed by atoms with van der Waals surface area (Å²) in [5.74, 6) is 1.13.